The lowest BCUT2D eigenvalue weighted by atomic mass is 10.0. The molecule has 0 aliphatic carbocycles. The number of hydrogen-bond acceptors (Lipinski definition) is 2. The number of benzene rings is 1. The standard InChI is InChI=1S/C16H24N2O.ClH/c1-12-4-6-15(7-5-12)13(2)18(3)16(19)10-14-8-9-17-11-14;/h4-7,13-14,17H,8-11H2,1-3H3;1H. The van der Waals surface area contributed by atoms with Gasteiger partial charge in [0.25, 0.3) is 0 Å². The molecule has 1 aliphatic rings. The number of carbonyl (C=O) groups excluding carboxylic acids is 1. The third kappa shape index (κ3) is 4.22. The third-order valence-electron chi connectivity index (χ3n) is 4.16. The number of halogens is 1. The molecule has 2 rings (SSSR count). The maximum absolute atomic E-state index is 12.3. The first-order valence-electron chi connectivity index (χ1n) is 7.11. The lowest BCUT2D eigenvalue weighted by molar-refractivity contribution is -0.132. The average molecular weight is 297 g/mol. The average Bonchev–Trinajstić information content (AvgIpc) is 2.90. The number of amides is 1. The van der Waals surface area contributed by atoms with E-state index in [0.717, 1.165) is 19.5 Å². The van der Waals surface area contributed by atoms with E-state index in [1.54, 1.807) is 0 Å². The summed E-state index contributed by atoms with van der Waals surface area (Å²) >= 11 is 0. The van der Waals surface area contributed by atoms with Crippen molar-refractivity contribution in [2.24, 2.45) is 5.92 Å². The molecule has 0 aromatic heterocycles. The van der Waals surface area contributed by atoms with E-state index in [1.807, 2.05) is 11.9 Å². The molecule has 1 heterocycles. The monoisotopic (exact) mass is 296 g/mol. The largest absolute Gasteiger partial charge is 0.339 e. The third-order valence-corrected chi connectivity index (χ3v) is 4.16. The number of nitrogens with zero attached hydrogens (tertiary/aromatic N) is 1. The van der Waals surface area contributed by atoms with E-state index in [1.165, 1.54) is 11.1 Å². The normalized spacial score (nSPS) is 19.2. The molecule has 0 saturated carbocycles. The Labute approximate surface area is 128 Å². The van der Waals surface area contributed by atoms with Crippen LogP contribution >= 0.6 is 12.4 Å². The first kappa shape index (κ1) is 17.0. The second kappa shape index (κ2) is 7.65. The molecule has 2 atom stereocenters. The summed E-state index contributed by atoms with van der Waals surface area (Å²) in [7, 11) is 1.91. The topological polar surface area (TPSA) is 32.3 Å². The molecule has 3 nitrogen and oxygen atoms in total. The Kier molecular flexibility index (Phi) is 6.50. The van der Waals surface area contributed by atoms with Gasteiger partial charge in [0, 0.05) is 13.5 Å². The van der Waals surface area contributed by atoms with Crippen molar-refractivity contribution in [1.82, 2.24) is 10.2 Å². The van der Waals surface area contributed by atoms with Crippen LogP contribution < -0.4 is 5.32 Å². The Morgan fingerprint density at radius 1 is 1.40 bits per heavy atom. The smallest absolute Gasteiger partial charge is 0.223 e. The number of hydrogen-bond donors (Lipinski definition) is 1. The van der Waals surface area contributed by atoms with E-state index in [-0.39, 0.29) is 24.4 Å². The quantitative estimate of drug-likeness (QED) is 0.926. The molecule has 1 N–H and O–H groups in total. The van der Waals surface area contributed by atoms with Gasteiger partial charge in [-0.1, -0.05) is 29.8 Å². The van der Waals surface area contributed by atoms with Crippen molar-refractivity contribution in [1.29, 1.82) is 0 Å². The van der Waals surface area contributed by atoms with Crippen LogP contribution in [0, 0.1) is 12.8 Å². The molecule has 1 aliphatic heterocycles. The lowest BCUT2D eigenvalue weighted by Crippen LogP contribution is -2.31. The van der Waals surface area contributed by atoms with Gasteiger partial charge < -0.3 is 10.2 Å². The Hall–Kier alpha value is -1.06. The number of nitrogens with one attached hydrogen (secondary N) is 1. The first-order chi connectivity index (χ1) is 9.08. The van der Waals surface area contributed by atoms with Crippen molar-refractivity contribution in [3.05, 3.63) is 35.4 Å². The molecule has 1 amide bonds. The molecule has 1 aromatic carbocycles. The minimum atomic E-state index is 0. The summed E-state index contributed by atoms with van der Waals surface area (Å²) in [5.74, 6) is 0.766. The Morgan fingerprint density at radius 3 is 2.60 bits per heavy atom. The van der Waals surface area contributed by atoms with Crippen molar-refractivity contribution in [2.45, 2.75) is 32.7 Å². The second-order valence-electron chi connectivity index (χ2n) is 5.65. The van der Waals surface area contributed by atoms with Crippen LogP contribution in [0.5, 0.6) is 0 Å². The van der Waals surface area contributed by atoms with Crippen LogP contribution in [0.1, 0.15) is 36.9 Å². The molecule has 1 saturated heterocycles. The zero-order valence-corrected chi connectivity index (χ0v) is 13.4. The fraction of sp³-hybridized carbons (Fsp3) is 0.562. The van der Waals surface area contributed by atoms with Crippen molar-refractivity contribution in [3.63, 3.8) is 0 Å². The highest BCUT2D eigenvalue weighted by molar-refractivity contribution is 5.85. The van der Waals surface area contributed by atoms with Gasteiger partial charge in [-0.15, -0.1) is 12.4 Å². The molecule has 20 heavy (non-hydrogen) atoms. The summed E-state index contributed by atoms with van der Waals surface area (Å²) in [6, 6.07) is 8.57. The molecule has 2 unspecified atom stereocenters. The molecular weight excluding hydrogens is 272 g/mol. The van der Waals surface area contributed by atoms with E-state index < -0.39 is 0 Å². The molecule has 0 bridgehead atoms. The summed E-state index contributed by atoms with van der Waals surface area (Å²) in [4.78, 5) is 14.2. The summed E-state index contributed by atoms with van der Waals surface area (Å²) in [5, 5.41) is 3.31. The summed E-state index contributed by atoms with van der Waals surface area (Å²) < 4.78 is 0. The van der Waals surface area contributed by atoms with Crippen molar-refractivity contribution in [3.8, 4) is 0 Å². The van der Waals surface area contributed by atoms with Gasteiger partial charge in [-0.2, -0.15) is 0 Å². The zero-order chi connectivity index (χ0) is 13.8. The van der Waals surface area contributed by atoms with Crippen LogP contribution in [-0.2, 0) is 4.79 Å². The minimum absolute atomic E-state index is 0. The molecule has 1 aromatic rings. The Bertz CT molecular complexity index is 427. The van der Waals surface area contributed by atoms with Crippen LogP contribution in [0.25, 0.3) is 0 Å². The van der Waals surface area contributed by atoms with Crippen LogP contribution in [0.2, 0.25) is 0 Å². The van der Waals surface area contributed by atoms with Gasteiger partial charge in [0.05, 0.1) is 6.04 Å². The maximum Gasteiger partial charge on any atom is 0.223 e. The van der Waals surface area contributed by atoms with Gasteiger partial charge in [0.1, 0.15) is 0 Å². The fourth-order valence-corrected chi connectivity index (χ4v) is 2.56. The molecule has 4 heteroatoms. The maximum atomic E-state index is 12.3. The van der Waals surface area contributed by atoms with Gasteiger partial charge in [-0.05, 0) is 44.8 Å². The predicted molar refractivity (Wildman–Crippen MR) is 85.2 cm³/mol. The number of aryl methyl sites for hydroxylation is 1. The van der Waals surface area contributed by atoms with Gasteiger partial charge in [0.2, 0.25) is 5.91 Å². The molecule has 112 valence electrons. The lowest BCUT2D eigenvalue weighted by Gasteiger charge is -2.26. The van der Waals surface area contributed by atoms with Crippen molar-refractivity contribution >= 4 is 18.3 Å². The molecular formula is C16H25ClN2O. The summed E-state index contributed by atoms with van der Waals surface area (Å²) in [6.45, 7) is 6.21. The number of carbonyl (C=O) groups is 1. The van der Waals surface area contributed by atoms with Gasteiger partial charge in [-0.3, -0.25) is 4.79 Å². The SMILES string of the molecule is Cc1ccc(C(C)N(C)C(=O)CC2CCNC2)cc1.Cl. The molecule has 1 fully saturated rings. The number of rotatable bonds is 4. The predicted octanol–water partition coefficient (Wildman–Crippen LogP) is 2.94. The van der Waals surface area contributed by atoms with E-state index in [2.05, 4.69) is 43.4 Å². The van der Waals surface area contributed by atoms with Gasteiger partial charge >= 0.3 is 0 Å². The fourth-order valence-electron chi connectivity index (χ4n) is 2.56. The highest BCUT2D eigenvalue weighted by Crippen LogP contribution is 2.22. The van der Waals surface area contributed by atoms with E-state index in [9.17, 15) is 4.79 Å². The molecule has 0 radical (unpaired) electrons. The van der Waals surface area contributed by atoms with Crippen molar-refractivity contribution < 1.29 is 4.79 Å². The van der Waals surface area contributed by atoms with Crippen LogP contribution in [0.4, 0.5) is 0 Å². The van der Waals surface area contributed by atoms with Crippen LogP contribution in [0.3, 0.4) is 0 Å². The molecule has 0 spiro atoms. The van der Waals surface area contributed by atoms with Gasteiger partial charge in [0.15, 0.2) is 0 Å². The van der Waals surface area contributed by atoms with Crippen LogP contribution in [-0.4, -0.2) is 30.9 Å². The Morgan fingerprint density at radius 2 is 2.05 bits per heavy atom. The Balaban J connectivity index is 0.00000200. The second-order valence-corrected chi connectivity index (χ2v) is 5.65. The first-order valence-corrected chi connectivity index (χ1v) is 7.11. The summed E-state index contributed by atoms with van der Waals surface area (Å²) in [5.41, 5.74) is 2.45. The van der Waals surface area contributed by atoms with Crippen molar-refractivity contribution in [2.75, 3.05) is 20.1 Å². The van der Waals surface area contributed by atoms with Gasteiger partial charge in [-0.25, -0.2) is 0 Å². The minimum Gasteiger partial charge on any atom is -0.339 e. The summed E-state index contributed by atoms with van der Waals surface area (Å²) in [6.07, 6.45) is 1.79. The zero-order valence-electron chi connectivity index (χ0n) is 12.6. The van der Waals surface area contributed by atoms with Crippen LogP contribution in [0.15, 0.2) is 24.3 Å². The highest BCUT2D eigenvalue weighted by Gasteiger charge is 2.23. The van der Waals surface area contributed by atoms with E-state index >= 15 is 0 Å². The highest BCUT2D eigenvalue weighted by atomic mass is 35.5. The van der Waals surface area contributed by atoms with E-state index in [0.29, 0.717) is 12.3 Å². The van der Waals surface area contributed by atoms with E-state index in [4.69, 9.17) is 0 Å².